The summed E-state index contributed by atoms with van der Waals surface area (Å²) in [5.74, 6) is -0.746. The van der Waals surface area contributed by atoms with Gasteiger partial charge in [0.2, 0.25) is 0 Å². The number of hydrogen-bond donors (Lipinski definition) is 1. The van der Waals surface area contributed by atoms with Crippen molar-refractivity contribution in [2.24, 2.45) is 0 Å². The molecule has 0 radical (unpaired) electrons. The molecule has 0 saturated carbocycles. The number of phenolic OH excluding ortho intramolecular Hbond substituents is 1. The maximum Gasteiger partial charge on any atom is 0.262 e. The summed E-state index contributed by atoms with van der Waals surface area (Å²) in [5.41, 5.74) is 2.00. The van der Waals surface area contributed by atoms with E-state index < -0.39 is 6.04 Å². The second kappa shape index (κ2) is 6.28. The van der Waals surface area contributed by atoms with Crippen molar-refractivity contribution in [3.05, 3.63) is 94.5 Å². The van der Waals surface area contributed by atoms with Gasteiger partial charge in [-0.05, 0) is 30.3 Å². The van der Waals surface area contributed by atoms with E-state index >= 15 is 0 Å². The molecule has 1 unspecified atom stereocenters. The number of imide groups is 1. The topological polar surface area (TPSA) is 70.5 Å². The number of phenols is 1. The Hall–Kier alpha value is -3.51. The van der Waals surface area contributed by atoms with E-state index in [0.29, 0.717) is 21.7 Å². The van der Waals surface area contributed by atoms with Crippen LogP contribution < -0.4 is 0 Å². The number of aromatic hydroxyl groups is 1. The molecule has 1 aliphatic heterocycles. The average Bonchev–Trinajstić information content (AvgIpc) is 3.25. The number of carbonyl (C=O) groups is 2. The Morgan fingerprint density at radius 2 is 1.43 bits per heavy atom. The van der Waals surface area contributed by atoms with Crippen molar-refractivity contribution >= 4 is 33.4 Å². The maximum absolute atomic E-state index is 13.1. The lowest BCUT2D eigenvalue weighted by molar-refractivity contribution is 0.0607. The third-order valence-electron chi connectivity index (χ3n) is 4.86. The molecule has 4 aromatic rings. The van der Waals surface area contributed by atoms with Gasteiger partial charge in [-0.1, -0.05) is 42.5 Å². The average molecular weight is 386 g/mol. The summed E-state index contributed by atoms with van der Waals surface area (Å²) in [6.45, 7) is 0. The summed E-state index contributed by atoms with van der Waals surface area (Å²) in [5, 5.41) is 11.1. The van der Waals surface area contributed by atoms with E-state index in [-0.39, 0.29) is 17.6 Å². The largest absolute Gasteiger partial charge is 0.508 e. The zero-order valence-electron chi connectivity index (χ0n) is 14.6. The summed E-state index contributed by atoms with van der Waals surface area (Å²) in [4.78, 5) is 32.1. The summed E-state index contributed by atoms with van der Waals surface area (Å²) < 4.78 is 0.953. The van der Waals surface area contributed by atoms with E-state index in [9.17, 15) is 14.7 Å². The van der Waals surface area contributed by atoms with Crippen LogP contribution in [0.15, 0.2) is 72.8 Å². The van der Waals surface area contributed by atoms with Crippen LogP contribution in [-0.4, -0.2) is 26.8 Å². The Balaban J connectivity index is 1.73. The number of rotatable bonds is 3. The first-order valence-corrected chi connectivity index (χ1v) is 9.57. The molecule has 5 nitrogen and oxygen atoms in total. The molecular formula is C22H14N2O3S. The molecule has 0 aliphatic carbocycles. The normalized spacial score (nSPS) is 14.5. The molecule has 136 valence electrons. The number of amides is 2. The van der Waals surface area contributed by atoms with Gasteiger partial charge in [-0.2, -0.15) is 0 Å². The van der Waals surface area contributed by atoms with Crippen LogP contribution >= 0.6 is 11.3 Å². The van der Waals surface area contributed by atoms with Crippen LogP contribution in [0.1, 0.15) is 37.3 Å². The Kier molecular flexibility index (Phi) is 3.74. The molecule has 1 N–H and O–H groups in total. The fourth-order valence-corrected chi connectivity index (χ4v) is 4.63. The van der Waals surface area contributed by atoms with E-state index in [1.807, 2.05) is 24.3 Å². The highest BCUT2D eigenvalue weighted by Gasteiger charge is 2.43. The van der Waals surface area contributed by atoms with Gasteiger partial charge < -0.3 is 5.11 Å². The summed E-state index contributed by atoms with van der Waals surface area (Å²) in [6.07, 6.45) is 0. The van der Waals surface area contributed by atoms with Crippen molar-refractivity contribution in [1.29, 1.82) is 0 Å². The molecule has 1 atom stereocenters. The van der Waals surface area contributed by atoms with Crippen molar-refractivity contribution in [2.75, 3.05) is 0 Å². The smallest absolute Gasteiger partial charge is 0.262 e. The number of hydrogen-bond acceptors (Lipinski definition) is 5. The third-order valence-corrected chi connectivity index (χ3v) is 5.95. The van der Waals surface area contributed by atoms with E-state index in [1.54, 1.807) is 48.5 Å². The maximum atomic E-state index is 13.1. The van der Waals surface area contributed by atoms with E-state index in [2.05, 4.69) is 4.98 Å². The summed E-state index contributed by atoms with van der Waals surface area (Å²) in [7, 11) is 0. The fourth-order valence-electron chi connectivity index (χ4n) is 3.55. The molecule has 1 aromatic heterocycles. The van der Waals surface area contributed by atoms with Gasteiger partial charge in [-0.25, -0.2) is 4.98 Å². The number of para-hydroxylation sites is 2. The molecule has 0 spiro atoms. The van der Waals surface area contributed by atoms with Crippen LogP contribution in [0.25, 0.3) is 10.2 Å². The molecule has 1 aliphatic rings. The molecule has 28 heavy (non-hydrogen) atoms. The van der Waals surface area contributed by atoms with E-state index in [1.165, 1.54) is 16.2 Å². The van der Waals surface area contributed by atoms with E-state index in [0.717, 1.165) is 10.2 Å². The number of carbonyl (C=O) groups excluding carboxylic acids is 2. The first kappa shape index (κ1) is 16.6. The lowest BCUT2D eigenvalue weighted by Gasteiger charge is -2.25. The molecule has 0 saturated heterocycles. The van der Waals surface area contributed by atoms with Crippen LogP contribution in [-0.2, 0) is 0 Å². The monoisotopic (exact) mass is 386 g/mol. The van der Waals surface area contributed by atoms with Gasteiger partial charge in [0.15, 0.2) is 0 Å². The van der Waals surface area contributed by atoms with Crippen LogP contribution in [0.3, 0.4) is 0 Å². The standard InChI is InChI=1S/C22H14N2O3S/c25-17-11-5-3-9-15(17)19(20-23-16-10-4-6-12-18(16)28-20)24-21(26)13-7-1-2-8-14(13)22(24)27/h1-12,19,25H. The quantitative estimate of drug-likeness (QED) is 0.530. The molecule has 2 heterocycles. The lowest BCUT2D eigenvalue weighted by atomic mass is 10.0. The highest BCUT2D eigenvalue weighted by Crippen LogP contribution is 2.41. The first-order valence-electron chi connectivity index (χ1n) is 8.75. The number of aromatic nitrogens is 1. The van der Waals surface area contributed by atoms with Crippen molar-refractivity contribution in [3.8, 4) is 5.75 Å². The summed E-state index contributed by atoms with van der Waals surface area (Å²) in [6, 6.07) is 20.4. The van der Waals surface area contributed by atoms with Gasteiger partial charge in [0.1, 0.15) is 16.8 Å². The number of thiazole rings is 1. The minimum Gasteiger partial charge on any atom is -0.508 e. The van der Waals surface area contributed by atoms with Gasteiger partial charge in [-0.15, -0.1) is 11.3 Å². The molecule has 0 fully saturated rings. The molecule has 0 bridgehead atoms. The molecule has 2 amide bonds. The Morgan fingerprint density at radius 1 is 0.821 bits per heavy atom. The predicted octanol–water partition coefficient (Wildman–Crippen LogP) is 4.39. The Morgan fingerprint density at radius 3 is 2.11 bits per heavy atom. The van der Waals surface area contributed by atoms with E-state index in [4.69, 9.17) is 0 Å². The molecule has 5 rings (SSSR count). The third kappa shape index (κ3) is 2.42. The Labute approximate surface area is 164 Å². The van der Waals surface area contributed by atoms with Crippen molar-refractivity contribution in [1.82, 2.24) is 9.88 Å². The number of fused-ring (bicyclic) bond motifs is 2. The molecule has 3 aromatic carbocycles. The van der Waals surface area contributed by atoms with Gasteiger partial charge >= 0.3 is 0 Å². The van der Waals surface area contributed by atoms with Crippen LogP contribution in [0.4, 0.5) is 0 Å². The molecule has 6 heteroatoms. The molecular weight excluding hydrogens is 372 g/mol. The van der Waals surface area contributed by atoms with Gasteiger partial charge in [0.25, 0.3) is 11.8 Å². The van der Waals surface area contributed by atoms with Crippen molar-refractivity contribution in [3.63, 3.8) is 0 Å². The van der Waals surface area contributed by atoms with Gasteiger partial charge in [-0.3, -0.25) is 14.5 Å². The highest BCUT2D eigenvalue weighted by molar-refractivity contribution is 7.18. The van der Waals surface area contributed by atoms with Crippen molar-refractivity contribution < 1.29 is 14.7 Å². The summed E-state index contributed by atoms with van der Waals surface area (Å²) >= 11 is 1.41. The fraction of sp³-hybridized carbons (Fsp3) is 0.0455. The Bertz CT molecular complexity index is 1180. The zero-order chi connectivity index (χ0) is 19.3. The van der Waals surface area contributed by atoms with Crippen LogP contribution in [0.2, 0.25) is 0 Å². The SMILES string of the molecule is O=C1c2ccccc2C(=O)N1C(c1nc2ccccc2s1)c1ccccc1O. The minimum atomic E-state index is -0.800. The van der Waals surface area contributed by atoms with Crippen LogP contribution in [0.5, 0.6) is 5.75 Å². The first-order chi connectivity index (χ1) is 13.6. The zero-order valence-corrected chi connectivity index (χ0v) is 15.4. The second-order valence-electron chi connectivity index (χ2n) is 6.51. The van der Waals surface area contributed by atoms with Crippen molar-refractivity contribution in [2.45, 2.75) is 6.04 Å². The van der Waals surface area contributed by atoms with Gasteiger partial charge in [0, 0.05) is 5.56 Å². The number of nitrogens with zero attached hydrogens (tertiary/aromatic N) is 2. The predicted molar refractivity (Wildman–Crippen MR) is 107 cm³/mol. The van der Waals surface area contributed by atoms with Crippen LogP contribution in [0, 0.1) is 0 Å². The second-order valence-corrected chi connectivity index (χ2v) is 7.57. The number of benzene rings is 3. The highest BCUT2D eigenvalue weighted by atomic mass is 32.1. The minimum absolute atomic E-state index is 0.0170. The lowest BCUT2D eigenvalue weighted by Crippen LogP contribution is -2.34. The van der Waals surface area contributed by atoms with Gasteiger partial charge in [0.05, 0.1) is 21.3 Å².